The Morgan fingerprint density at radius 2 is 1.89 bits per heavy atom. The van der Waals surface area contributed by atoms with Crippen molar-refractivity contribution in [3.63, 3.8) is 0 Å². The molecule has 0 aromatic carbocycles. The fraction of sp³-hybridized carbons (Fsp3) is 0.545. The van der Waals surface area contributed by atoms with Gasteiger partial charge in [0.15, 0.2) is 0 Å². The van der Waals surface area contributed by atoms with E-state index < -0.39 is 10.0 Å². The Balaban J connectivity index is 2.05. The molecule has 1 N–H and O–H groups in total. The summed E-state index contributed by atoms with van der Waals surface area (Å²) in [5, 5.41) is 3.00. The van der Waals surface area contributed by atoms with Crippen molar-refractivity contribution in [2.45, 2.75) is 0 Å². The molecule has 1 aromatic rings. The Morgan fingerprint density at radius 1 is 1.22 bits per heavy atom. The lowest BCUT2D eigenvalue weighted by atomic mass is 10.3. The van der Waals surface area contributed by atoms with E-state index >= 15 is 0 Å². The van der Waals surface area contributed by atoms with E-state index in [1.165, 1.54) is 10.6 Å². The number of pyridine rings is 1. The van der Waals surface area contributed by atoms with Gasteiger partial charge in [0.1, 0.15) is 11.6 Å². The number of anilines is 2. The molecule has 2 heterocycles. The largest absolute Gasteiger partial charge is 0.373 e. The number of hydrogen-bond donors (Lipinski definition) is 1. The van der Waals surface area contributed by atoms with E-state index in [1.807, 2.05) is 25.2 Å². The zero-order valence-corrected chi connectivity index (χ0v) is 11.4. The first kappa shape index (κ1) is 13.1. The highest BCUT2D eigenvalue weighted by atomic mass is 32.2. The van der Waals surface area contributed by atoms with Crippen LogP contribution >= 0.6 is 0 Å². The summed E-state index contributed by atoms with van der Waals surface area (Å²) in [6.45, 7) is 2.38. The third kappa shape index (κ3) is 2.91. The van der Waals surface area contributed by atoms with Gasteiger partial charge in [0.2, 0.25) is 10.0 Å². The number of nitrogens with one attached hydrogen (secondary N) is 1. The standard InChI is InChI=1S/C11H18N4O2S/c1-12-10-4-3-5-11(13-10)14-6-8-15(9-7-14)18(2,16)17/h3-5H,6-9H2,1-2H3,(H,12,13). The van der Waals surface area contributed by atoms with Gasteiger partial charge in [-0.1, -0.05) is 6.07 Å². The zero-order chi connectivity index (χ0) is 13.2. The third-order valence-corrected chi connectivity index (χ3v) is 4.33. The van der Waals surface area contributed by atoms with Crippen LogP contribution in [0.1, 0.15) is 0 Å². The Labute approximate surface area is 108 Å². The molecule has 0 unspecified atom stereocenters. The first-order chi connectivity index (χ1) is 8.50. The quantitative estimate of drug-likeness (QED) is 0.850. The minimum absolute atomic E-state index is 0.518. The third-order valence-electron chi connectivity index (χ3n) is 3.02. The molecule has 2 rings (SSSR count). The number of hydrogen-bond acceptors (Lipinski definition) is 5. The van der Waals surface area contributed by atoms with Gasteiger partial charge in [-0.15, -0.1) is 0 Å². The molecule has 0 amide bonds. The van der Waals surface area contributed by atoms with Crippen LogP contribution in [0, 0.1) is 0 Å². The second kappa shape index (κ2) is 5.11. The fourth-order valence-electron chi connectivity index (χ4n) is 1.99. The maximum Gasteiger partial charge on any atom is 0.211 e. The first-order valence-corrected chi connectivity index (χ1v) is 7.70. The molecule has 6 nitrogen and oxygen atoms in total. The Kier molecular flexibility index (Phi) is 3.72. The lowest BCUT2D eigenvalue weighted by molar-refractivity contribution is 0.387. The summed E-state index contributed by atoms with van der Waals surface area (Å²) in [5.41, 5.74) is 0. The van der Waals surface area contributed by atoms with Crippen LogP contribution in [-0.2, 0) is 10.0 Å². The number of nitrogens with zero attached hydrogens (tertiary/aromatic N) is 3. The van der Waals surface area contributed by atoms with Gasteiger partial charge in [-0.3, -0.25) is 0 Å². The molecule has 1 saturated heterocycles. The highest BCUT2D eigenvalue weighted by Gasteiger charge is 2.23. The van der Waals surface area contributed by atoms with Crippen molar-refractivity contribution in [2.24, 2.45) is 0 Å². The average Bonchev–Trinajstić information content (AvgIpc) is 2.38. The van der Waals surface area contributed by atoms with E-state index in [1.54, 1.807) is 0 Å². The maximum absolute atomic E-state index is 11.4. The second-order valence-electron chi connectivity index (χ2n) is 4.28. The smallest absolute Gasteiger partial charge is 0.211 e. The lowest BCUT2D eigenvalue weighted by Crippen LogP contribution is -2.48. The van der Waals surface area contributed by atoms with Crippen molar-refractivity contribution >= 4 is 21.7 Å². The van der Waals surface area contributed by atoms with Gasteiger partial charge in [-0.2, -0.15) is 4.31 Å². The Hall–Kier alpha value is -1.34. The Morgan fingerprint density at radius 3 is 2.44 bits per heavy atom. The lowest BCUT2D eigenvalue weighted by Gasteiger charge is -2.34. The van der Waals surface area contributed by atoms with Crippen LogP contribution in [-0.4, -0.2) is 57.2 Å². The Bertz CT molecular complexity index is 510. The summed E-state index contributed by atoms with van der Waals surface area (Å²) in [6.07, 6.45) is 1.25. The summed E-state index contributed by atoms with van der Waals surface area (Å²) >= 11 is 0. The molecule has 0 radical (unpaired) electrons. The monoisotopic (exact) mass is 270 g/mol. The molecule has 100 valence electrons. The predicted molar refractivity (Wildman–Crippen MR) is 72.4 cm³/mol. The summed E-state index contributed by atoms with van der Waals surface area (Å²) in [5.74, 6) is 1.70. The SMILES string of the molecule is CNc1cccc(N2CCN(S(C)(=O)=O)CC2)n1. The molecule has 7 heteroatoms. The molecule has 1 aromatic heterocycles. The molecule has 0 spiro atoms. The highest BCUT2D eigenvalue weighted by Crippen LogP contribution is 2.16. The second-order valence-corrected chi connectivity index (χ2v) is 6.26. The maximum atomic E-state index is 11.4. The molecule has 1 aliphatic rings. The van der Waals surface area contributed by atoms with Crippen LogP contribution in [0.2, 0.25) is 0 Å². The molecule has 0 saturated carbocycles. The number of sulfonamides is 1. The van der Waals surface area contributed by atoms with Gasteiger partial charge in [-0.25, -0.2) is 13.4 Å². The summed E-state index contributed by atoms with van der Waals surface area (Å²) in [6, 6.07) is 5.78. The summed E-state index contributed by atoms with van der Waals surface area (Å²) in [7, 11) is -1.24. The number of aromatic nitrogens is 1. The van der Waals surface area contributed by atoms with Crippen molar-refractivity contribution in [3.05, 3.63) is 18.2 Å². The fourth-order valence-corrected chi connectivity index (χ4v) is 2.81. The molecular weight excluding hydrogens is 252 g/mol. The number of rotatable bonds is 3. The van der Waals surface area contributed by atoms with Crippen molar-refractivity contribution in [2.75, 3.05) is 49.7 Å². The van der Waals surface area contributed by atoms with Crippen LogP contribution in [0.4, 0.5) is 11.6 Å². The zero-order valence-electron chi connectivity index (χ0n) is 10.6. The molecule has 1 fully saturated rings. The van der Waals surface area contributed by atoms with E-state index in [2.05, 4.69) is 15.2 Å². The molecule has 0 bridgehead atoms. The van der Waals surface area contributed by atoms with Crippen LogP contribution < -0.4 is 10.2 Å². The van der Waals surface area contributed by atoms with Gasteiger partial charge >= 0.3 is 0 Å². The molecule has 0 atom stereocenters. The predicted octanol–water partition coefficient (Wildman–Crippen LogP) is 0.205. The first-order valence-electron chi connectivity index (χ1n) is 5.85. The number of piperazine rings is 1. The van der Waals surface area contributed by atoms with Crippen LogP contribution in [0.3, 0.4) is 0 Å². The highest BCUT2D eigenvalue weighted by molar-refractivity contribution is 7.88. The molecule has 1 aliphatic heterocycles. The van der Waals surface area contributed by atoms with E-state index in [4.69, 9.17) is 0 Å². The van der Waals surface area contributed by atoms with Gasteiger partial charge in [0.25, 0.3) is 0 Å². The average molecular weight is 270 g/mol. The van der Waals surface area contributed by atoms with Gasteiger partial charge < -0.3 is 10.2 Å². The van der Waals surface area contributed by atoms with Crippen LogP contribution in [0.5, 0.6) is 0 Å². The normalized spacial score (nSPS) is 17.8. The minimum Gasteiger partial charge on any atom is -0.373 e. The van der Waals surface area contributed by atoms with E-state index in [0.717, 1.165) is 11.6 Å². The van der Waals surface area contributed by atoms with Crippen LogP contribution in [0.15, 0.2) is 18.2 Å². The molecule has 18 heavy (non-hydrogen) atoms. The van der Waals surface area contributed by atoms with E-state index in [-0.39, 0.29) is 0 Å². The van der Waals surface area contributed by atoms with Crippen LogP contribution in [0.25, 0.3) is 0 Å². The summed E-state index contributed by atoms with van der Waals surface area (Å²) < 4.78 is 24.3. The topological polar surface area (TPSA) is 65.5 Å². The van der Waals surface area contributed by atoms with E-state index in [0.29, 0.717) is 26.2 Å². The van der Waals surface area contributed by atoms with Gasteiger partial charge in [0.05, 0.1) is 6.26 Å². The van der Waals surface area contributed by atoms with Crippen molar-refractivity contribution in [3.8, 4) is 0 Å². The molecular formula is C11H18N4O2S. The van der Waals surface area contributed by atoms with Crippen molar-refractivity contribution in [1.82, 2.24) is 9.29 Å². The van der Waals surface area contributed by atoms with Crippen molar-refractivity contribution < 1.29 is 8.42 Å². The summed E-state index contributed by atoms with van der Waals surface area (Å²) in [4.78, 5) is 6.55. The van der Waals surface area contributed by atoms with Gasteiger partial charge in [-0.05, 0) is 12.1 Å². The molecule has 0 aliphatic carbocycles. The van der Waals surface area contributed by atoms with E-state index in [9.17, 15) is 8.42 Å². The van der Waals surface area contributed by atoms with Gasteiger partial charge in [0, 0.05) is 33.2 Å². The van der Waals surface area contributed by atoms with Crippen molar-refractivity contribution in [1.29, 1.82) is 0 Å². The minimum atomic E-state index is -3.07.